The molecule has 1 heterocycles. The zero-order chi connectivity index (χ0) is 17.0. The van der Waals surface area contributed by atoms with Crippen molar-refractivity contribution in [2.75, 3.05) is 0 Å². The van der Waals surface area contributed by atoms with E-state index in [0.29, 0.717) is 19.3 Å². The molecule has 0 saturated carbocycles. The zero-order valence-electron chi connectivity index (χ0n) is 14.6. The molecule has 1 aromatic rings. The van der Waals surface area contributed by atoms with Crippen LogP contribution in [-0.4, -0.2) is 23.3 Å². The Bertz CT molecular complexity index is 489. The van der Waals surface area contributed by atoms with Gasteiger partial charge in [-0.1, -0.05) is 26.8 Å². The van der Waals surface area contributed by atoms with Crippen LogP contribution in [0.25, 0.3) is 0 Å². The summed E-state index contributed by atoms with van der Waals surface area (Å²) in [4.78, 5) is 25.2. The van der Waals surface area contributed by atoms with Gasteiger partial charge in [0.1, 0.15) is 5.78 Å². The first kappa shape index (κ1) is 19.0. The molecule has 0 aliphatic rings. The van der Waals surface area contributed by atoms with Crippen LogP contribution >= 0.6 is 11.3 Å². The molecule has 0 aromatic carbocycles. The molecule has 124 valence electrons. The molecule has 0 bridgehead atoms. The highest BCUT2D eigenvalue weighted by molar-refractivity contribution is 7.12. The minimum atomic E-state index is -0.378. The van der Waals surface area contributed by atoms with Gasteiger partial charge in [0, 0.05) is 18.3 Å². The van der Waals surface area contributed by atoms with Crippen molar-refractivity contribution in [2.45, 2.75) is 72.5 Å². The standard InChI is InChI=1S/C18H28O3S/c1-17(2,3)16(20)12-13(21-18(4,5)6)9-10-14(19)15-8-7-11-22-15/h7-8,11,13H,9-10,12H2,1-6H3. The van der Waals surface area contributed by atoms with Gasteiger partial charge in [-0.05, 0) is 38.6 Å². The maximum atomic E-state index is 12.3. The number of ether oxygens (including phenoxy) is 1. The summed E-state index contributed by atoms with van der Waals surface area (Å²) in [5.41, 5.74) is -0.702. The monoisotopic (exact) mass is 324 g/mol. The first-order valence-electron chi connectivity index (χ1n) is 7.77. The largest absolute Gasteiger partial charge is 0.372 e. The van der Waals surface area contributed by atoms with Crippen LogP contribution in [0.5, 0.6) is 0 Å². The van der Waals surface area contributed by atoms with Gasteiger partial charge in [0.2, 0.25) is 0 Å². The van der Waals surface area contributed by atoms with Crippen molar-refractivity contribution < 1.29 is 14.3 Å². The highest BCUT2D eigenvalue weighted by Crippen LogP contribution is 2.24. The van der Waals surface area contributed by atoms with E-state index in [1.165, 1.54) is 11.3 Å². The Hall–Kier alpha value is -1.00. The summed E-state index contributed by atoms with van der Waals surface area (Å²) < 4.78 is 6.00. The van der Waals surface area contributed by atoms with E-state index in [1.807, 2.05) is 59.1 Å². The van der Waals surface area contributed by atoms with Crippen molar-refractivity contribution in [1.29, 1.82) is 0 Å². The predicted molar refractivity (Wildman–Crippen MR) is 91.6 cm³/mol. The van der Waals surface area contributed by atoms with E-state index in [4.69, 9.17) is 4.74 Å². The smallest absolute Gasteiger partial charge is 0.172 e. The normalized spacial score (nSPS) is 13.9. The molecule has 0 saturated heterocycles. The minimum absolute atomic E-state index is 0.126. The molecule has 0 amide bonds. The fraction of sp³-hybridized carbons (Fsp3) is 0.667. The molecular weight excluding hydrogens is 296 g/mol. The van der Waals surface area contributed by atoms with Crippen LogP contribution < -0.4 is 0 Å². The number of carbonyl (C=O) groups excluding carboxylic acids is 2. The van der Waals surface area contributed by atoms with Crippen LogP contribution in [0.1, 0.15) is 70.5 Å². The summed E-state index contributed by atoms with van der Waals surface area (Å²) in [6.07, 6.45) is 1.14. The number of hydrogen-bond acceptors (Lipinski definition) is 4. The lowest BCUT2D eigenvalue weighted by atomic mass is 9.86. The fourth-order valence-electron chi connectivity index (χ4n) is 2.07. The molecule has 0 N–H and O–H groups in total. The molecule has 1 atom stereocenters. The number of Topliss-reactive ketones (excluding diaryl/α,β-unsaturated/α-hetero) is 2. The number of hydrogen-bond donors (Lipinski definition) is 0. The van der Waals surface area contributed by atoms with E-state index in [-0.39, 0.29) is 28.7 Å². The molecule has 0 aliphatic carbocycles. The van der Waals surface area contributed by atoms with Gasteiger partial charge < -0.3 is 4.74 Å². The lowest BCUT2D eigenvalue weighted by Crippen LogP contribution is -2.32. The third-order valence-electron chi connectivity index (χ3n) is 3.26. The molecule has 1 aromatic heterocycles. The first-order valence-corrected chi connectivity index (χ1v) is 8.65. The summed E-state index contributed by atoms with van der Waals surface area (Å²) >= 11 is 1.46. The topological polar surface area (TPSA) is 43.4 Å². The van der Waals surface area contributed by atoms with Crippen molar-refractivity contribution in [1.82, 2.24) is 0 Å². The lowest BCUT2D eigenvalue weighted by Gasteiger charge is -2.29. The molecule has 4 heteroatoms. The summed E-state index contributed by atoms with van der Waals surface area (Å²) in [6.45, 7) is 11.7. The molecule has 3 nitrogen and oxygen atoms in total. The van der Waals surface area contributed by atoms with E-state index in [0.717, 1.165) is 4.88 Å². The Morgan fingerprint density at radius 2 is 1.82 bits per heavy atom. The van der Waals surface area contributed by atoms with E-state index in [1.54, 1.807) is 0 Å². The highest BCUT2D eigenvalue weighted by Gasteiger charge is 2.28. The average molecular weight is 324 g/mol. The van der Waals surface area contributed by atoms with Gasteiger partial charge >= 0.3 is 0 Å². The summed E-state index contributed by atoms with van der Waals surface area (Å²) in [5, 5.41) is 1.90. The van der Waals surface area contributed by atoms with Gasteiger partial charge in [0.15, 0.2) is 5.78 Å². The Balaban J connectivity index is 2.66. The molecule has 22 heavy (non-hydrogen) atoms. The SMILES string of the molecule is CC(C)(C)OC(CCC(=O)c1cccs1)CC(=O)C(C)(C)C. The highest BCUT2D eigenvalue weighted by atomic mass is 32.1. The van der Waals surface area contributed by atoms with Crippen LogP contribution in [0.15, 0.2) is 17.5 Å². The number of thiophene rings is 1. The van der Waals surface area contributed by atoms with E-state index >= 15 is 0 Å². The molecule has 0 spiro atoms. The maximum absolute atomic E-state index is 12.3. The third-order valence-corrected chi connectivity index (χ3v) is 4.17. The summed E-state index contributed by atoms with van der Waals surface area (Å²) in [6, 6.07) is 3.72. The van der Waals surface area contributed by atoms with Crippen molar-refractivity contribution in [2.24, 2.45) is 5.41 Å². The zero-order valence-corrected chi connectivity index (χ0v) is 15.4. The molecule has 1 unspecified atom stereocenters. The number of carbonyl (C=O) groups is 2. The Morgan fingerprint density at radius 3 is 2.27 bits per heavy atom. The molecule has 1 rings (SSSR count). The van der Waals surface area contributed by atoms with Crippen LogP contribution in [0.4, 0.5) is 0 Å². The molecular formula is C18H28O3S. The van der Waals surface area contributed by atoms with Crippen molar-refractivity contribution >= 4 is 22.9 Å². The van der Waals surface area contributed by atoms with Crippen LogP contribution in [0.3, 0.4) is 0 Å². The van der Waals surface area contributed by atoms with E-state index < -0.39 is 0 Å². The molecule has 0 fully saturated rings. The average Bonchev–Trinajstić information content (AvgIpc) is 2.86. The Kier molecular flexibility index (Phi) is 6.50. The first-order chi connectivity index (χ1) is 9.99. The summed E-state index contributed by atoms with van der Waals surface area (Å²) in [5.74, 6) is 0.297. The maximum Gasteiger partial charge on any atom is 0.172 e. The third kappa shape index (κ3) is 6.84. The second-order valence-electron chi connectivity index (χ2n) is 7.67. The van der Waals surface area contributed by atoms with Gasteiger partial charge in [-0.2, -0.15) is 0 Å². The molecule has 0 radical (unpaired) electrons. The quantitative estimate of drug-likeness (QED) is 0.670. The van der Waals surface area contributed by atoms with Crippen LogP contribution in [0.2, 0.25) is 0 Å². The van der Waals surface area contributed by atoms with Crippen molar-refractivity contribution in [3.8, 4) is 0 Å². The Morgan fingerprint density at radius 1 is 1.18 bits per heavy atom. The second kappa shape index (κ2) is 7.51. The second-order valence-corrected chi connectivity index (χ2v) is 8.62. The minimum Gasteiger partial charge on any atom is -0.372 e. The number of rotatable bonds is 7. The fourth-order valence-corrected chi connectivity index (χ4v) is 2.76. The lowest BCUT2D eigenvalue weighted by molar-refractivity contribution is -0.133. The number of ketones is 2. The Labute approximate surface area is 138 Å². The van der Waals surface area contributed by atoms with Gasteiger partial charge in [0.25, 0.3) is 0 Å². The van der Waals surface area contributed by atoms with Crippen molar-refractivity contribution in [3.05, 3.63) is 22.4 Å². The molecule has 0 aliphatic heterocycles. The van der Waals surface area contributed by atoms with Gasteiger partial charge in [0.05, 0.1) is 16.6 Å². The van der Waals surface area contributed by atoms with Gasteiger partial charge in [-0.3, -0.25) is 9.59 Å². The van der Waals surface area contributed by atoms with Crippen LogP contribution in [0, 0.1) is 5.41 Å². The van der Waals surface area contributed by atoms with E-state index in [2.05, 4.69) is 0 Å². The van der Waals surface area contributed by atoms with Gasteiger partial charge in [-0.15, -0.1) is 11.3 Å². The summed E-state index contributed by atoms with van der Waals surface area (Å²) in [7, 11) is 0. The van der Waals surface area contributed by atoms with E-state index in [9.17, 15) is 9.59 Å². The van der Waals surface area contributed by atoms with Crippen molar-refractivity contribution in [3.63, 3.8) is 0 Å². The van der Waals surface area contributed by atoms with Gasteiger partial charge in [-0.25, -0.2) is 0 Å². The predicted octanol–water partition coefficient (Wildman–Crippen LogP) is 4.90. The van der Waals surface area contributed by atoms with Crippen LogP contribution in [-0.2, 0) is 9.53 Å².